The number of unbranched alkanes of at least 4 members (excludes halogenated alkanes) is 1. The number of anilines is 2. The highest BCUT2D eigenvalue weighted by Crippen LogP contribution is 2.27. The molecule has 134 valence electrons. The number of hydrogen-bond donors (Lipinski definition) is 1. The Bertz CT molecular complexity index is 731. The Morgan fingerprint density at radius 1 is 0.769 bits per heavy atom. The SMILES string of the molecule is NC(=O)CCCCC(=O)N(c1ccc(C=O)cc1)c1ccc(C=O)cc1. The minimum atomic E-state index is -0.386. The molecule has 2 aromatic carbocycles. The second-order valence-corrected chi connectivity index (χ2v) is 5.82. The number of rotatable bonds is 9. The molecule has 2 amide bonds. The maximum Gasteiger partial charge on any atom is 0.231 e. The predicted octanol–water partition coefficient (Wildman–Crippen LogP) is 3.02. The topological polar surface area (TPSA) is 97.5 Å². The van der Waals surface area contributed by atoms with Crippen LogP contribution in [0.2, 0.25) is 0 Å². The molecule has 6 heteroatoms. The van der Waals surface area contributed by atoms with Crippen LogP contribution in [0.4, 0.5) is 11.4 Å². The van der Waals surface area contributed by atoms with Crippen molar-refractivity contribution >= 4 is 35.8 Å². The molecule has 0 heterocycles. The lowest BCUT2D eigenvalue weighted by Gasteiger charge is -2.23. The summed E-state index contributed by atoms with van der Waals surface area (Å²) in [5.74, 6) is -0.532. The highest BCUT2D eigenvalue weighted by molar-refractivity contribution is 6.01. The van der Waals surface area contributed by atoms with E-state index in [0.29, 0.717) is 35.3 Å². The van der Waals surface area contributed by atoms with E-state index in [0.717, 1.165) is 12.6 Å². The highest BCUT2D eigenvalue weighted by Gasteiger charge is 2.18. The Balaban J connectivity index is 2.24. The van der Waals surface area contributed by atoms with Gasteiger partial charge >= 0.3 is 0 Å². The largest absolute Gasteiger partial charge is 0.370 e. The van der Waals surface area contributed by atoms with Crippen LogP contribution < -0.4 is 10.6 Å². The lowest BCUT2D eigenvalue weighted by atomic mass is 10.1. The second-order valence-electron chi connectivity index (χ2n) is 5.82. The summed E-state index contributed by atoms with van der Waals surface area (Å²) in [6.45, 7) is 0. The minimum Gasteiger partial charge on any atom is -0.370 e. The first-order valence-corrected chi connectivity index (χ1v) is 8.27. The smallest absolute Gasteiger partial charge is 0.231 e. The molecule has 0 spiro atoms. The van der Waals surface area contributed by atoms with E-state index >= 15 is 0 Å². The molecule has 0 fully saturated rings. The molecule has 0 aliphatic carbocycles. The molecule has 0 saturated carbocycles. The van der Waals surface area contributed by atoms with Crippen molar-refractivity contribution in [2.75, 3.05) is 4.90 Å². The summed E-state index contributed by atoms with van der Waals surface area (Å²) in [6.07, 6.45) is 3.05. The molecule has 0 aromatic heterocycles. The average molecular weight is 352 g/mol. The summed E-state index contributed by atoms with van der Waals surface area (Å²) < 4.78 is 0. The Labute approximate surface area is 151 Å². The number of carbonyl (C=O) groups excluding carboxylic acids is 4. The normalized spacial score (nSPS) is 10.2. The van der Waals surface area contributed by atoms with Gasteiger partial charge in [-0.3, -0.25) is 24.1 Å². The van der Waals surface area contributed by atoms with Gasteiger partial charge in [0.25, 0.3) is 0 Å². The molecule has 2 N–H and O–H groups in total. The van der Waals surface area contributed by atoms with Crippen LogP contribution in [0.25, 0.3) is 0 Å². The van der Waals surface area contributed by atoms with E-state index < -0.39 is 0 Å². The summed E-state index contributed by atoms with van der Waals surface area (Å²) in [4.78, 5) is 46.8. The molecule has 0 aliphatic heterocycles. The van der Waals surface area contributed by atoms with Gasteiger partial charge < -0.3 is 5.73 Å². The number of amides is 2. The fourth-order valence-corrected chi connectivity index (χ4v) is 2.53. The van der Waals surface area contributed by atoms with Gasteiger partial charge in [0.15, 0.2) is 0 Å². The Morgan fingerprint density at radius 3 is 1.58 bits per heavy atom. The van der Waals surface area contributed by atoms with Crippen LogP contribution in [-0.2, 0) is 9.59 Å². The number of aldehydes is 2. The number of hydrogen-bond acceptors (Lipinski definition) is 4. The first-order valence-electron chi connectivity index (χ1n) is 8.27. The van der Waals surface area contributed by atoms with Crippen LogP contribution in [0, 0.1) is 0 Å². The zero-order valence-corrected chi connectivity index (χ0v) is 14.3. The van der Waals surface area contributed by atoms with E-state index in [1.165, 1.54) is 4.90 Å². The molecular weight excluding hydrogens is 332 g/mol. The quantitative estimate of drug-likeness (QED) is 0.554. The van der Waals surface area contributed by atoms with Crippen molar-refractivity contribution in [1.29, 1.82) is 0 Å². The molecule has 0 unspecified atom stereocenters. The van der Waals surface area contributed by atoms with Gasteiger partial charge in [0.05, 0.1) is 0 Å². The van der Waals surface area contributed by atoms with E-state index in [-0.39, 0.29) is 24.7 Å². The van der Waals surface area contributed by atoms with Crippen molar-refractivity contribution in [2.24, 2.45) is 5.73 Å². The van der Waals surface area contributed by atoms with Crippen LogP contribution in [0.3, 0.4) is 0 Å². The third kappa shape index (κ3) is 5.11. The number of carbonyl (C=O) groups is 4. The predicted molar refractivity (Wildman–Crippen MR) is 98.5 cm³/mol. The van der Waals surface area contributed by atoms with Gasteiger partial charge in [-0.25, -0.2) is 0 Å². The standard InChI is InChI=1S/C20H20N2O4/c21-19(25)3-1-2-4-20(26)22(17-9-5-15(13-23)6-10-17)18-11-7-16(14-24)8-12-18/h5-14H,1-4H2,(H2,21,25). The molecule has 0 bridgehead atoms. The maximum atomic E-state index is 12.8. The zero-order chi connectivity index (χ0) is 18.9. The minimum absolute atomic E-state index is 0.146. The highest BCUT2D eigenvalue weighted by atomic mass is 16.2. The van der Waals surface area contributed by atoms with Gasteiger partial charge in [0.2, 0.25) is 11.8 Å². The number of nitrogens with zero attached hydrogens (tertiary/aromatic N) is 1. The van der Waals surface area contributed by atoms with Gasteiger partial charge in [-0.2, -0.15) is 0 Å². The first-order chi connectivity index (χ1) is 12.5. The van der Waals surface area contributed by atoms with Crippen molar-refractivity contribution in [3.05, 3.63) is 59.7 Å². The third-order valence-corrected chi connectivity index (χ3v) is 3.89. The average Bonchev–Trinajstić information content (AvgIpc) is 2.66. The fourth-order valence-electron chi connectivity index (χ4n) is 2.53. The van der Waals surface area contributed by atoms with Gasteiger partial charge in [-0.1, -0.05) is 0 Å². The Hall–Kier alpha value is -3.28. The van der Waals surface area contributed by atoms with Crippen molar-refractivity contribution in [3.63, 3.8) is 0 Å². The molecule has 26 heavy (non-hydrogen) atoms. The lowest BCUT2D eigenvalue weighted by Crippen LogP contribution is -2.25. The molecule has 0 atom stereocenters. The maximum absolute atomic E-state index is 12.8. The van der Waals surface area contributed by atoms with Gasteiger partial charge in [-0.15, -0.1) is 0 Å². The van der Waals surface area contributed by atoms with Crippen LogP contribution >= 0.6 is 0 Å². The van der Waals surface area contributed by atoms with Crippen LogP contribution in [-0.4, -0.2) is 24.4 Å². The second kappa shape index (κ2) is 9.27. The summed E-state index contributed by atoms with van der Waals surface area (Å²) in [5.41, 5.74) is 7.38. The Morgan fingerprint density at radius 2 is 1.19 bits per heavy atom. The van der Waals surface area contributed by atoms with E-state index in [2.05, 4.69) is 0 Å². The molecule has 2 rings (SSSR count). The molecule has 6 nitrogen and oxygen atoms in total. The zero-order valence-electron chi connectivity index (χ0n) is 14.3. The van der Waals surface area contributed by atoms with Crippen LogP contribution in [0.15, 0.2) is 48.5 Å². The number of nitrogens with two attached hydrogens (primary N) is 1. The van der Waals surface area contributed by atoms with E-state index in [1.54, 1.807) is 48.5 Å². The van der Waals surface area contributed by atoms with Crippen molar-refractivity contribution in [2.45, 2.75) is 25.7 Å². The van der Waals surface area contributed by atoms with Crippen LogP contribution in [0.5, 0.6) is 0 Å². The lowest BCUT2D eigenvalue weighted by molar-refractivity contribution is -0.119. The fraction of sp³-hybridized carbons (Fsp3) is 0.200. The first kappa shape index (κ1) is 19.1. The molecular formula is C20H20N2O4. The Kier molecular flexibility index (Phi) is 6.79. The van der Waals surface area contributed by atoms with Gasteiger partial charge in [0, 0.05) is 35.3 Å². The summed E-state index contributed by atoms with van der Waals surface area (Å²) in [5, 5.41) is 0. The van der Waals surface area contributed by atoms with E-state index in [9.17, 15) is 19.2 Å². The summed E-state index contributed by atoms with van der Waals surface area (Å²) >= 11 is 0. The third-order valence-electron chi connectivity index (χ3n) is 3.89. The molecule has 0 aliphatic rings. The number of benzene rings is 2. The monoisotopic (exact) mass is 352 g/mol. The number of primary amides is 1. The van der Waals surface area contributed by atoms with Crippen molar-refractivity contribution in [1.82, 2.24) is 0 Å². The van der Waals surface area contributed by atoms with Crippen molar-refractivity contribution < 1.29 is 19.2 Å². The summed E-state index contributed by atoms with van der Waals surface area (Å²) in [6, 6.07) is 13.3. The van der Waals surface area contributed by atoms with Crippen LogP contribution in [0.1, 0.15) is 46.4 Å². The van der Waals surface area contributed by atoms with E-state index in [4.69, 9.17) is 5.73 Å². The van der Waals surface area contributed by atoms with Gasteiger partial charge in [-0.05, 0) is 61.4 Å². The van der Waals surface area contributed by atoms with Crippen molar-refractivity contribution in [3.8, 4) is 0 Å². The molecule has 2 aromatic rings. The molecule has 0 saturated heterocycles. The van der Waals surface area contributed by atoms with Gasteiger partial charge in [0.1, 0.15) is 12.6 Å². The van der Waals surface area contributed by atoms with E-state index in [1.807, 2.05) is 0 Å². The summed E-state index contributed by atoms with van der Waals surface area (Å²) in [7, 11) is 0. The molecule has 0 radical (unpaired) electrons.